The lowest BCUT2D eigenvalue weighted by Gasteiger charge is -2.50. The summed E-state index contributed by atoms with van der Waals surface area (Å²) in [6, 6.07) is 10.6. The molecule has 3 aromatic rings. The van der Waals surface area contributed by atoms with Gasteiger partial charge in [-0.1, -0.05) is 25.2 Å². The van der Waals surface area contributed by atoms with Crippen LogP contribution in [-0.2, 0) is 11.8 Å². The molecular formula is C31H33F3N2OS. The highest BCUT2D eigenvalue weighted by Crippen LogP contribution is 2.58. The minimum absolute atomic E-state index is 0.221. The van der Waals surface area contributed by atoms with Crippen LogP contribution in [0.3, 0.4) is 0 Å². The molecule has 0 unspecified atom stereocenters. The SMILES string of the molecule is CC[C@@]12CC[C@](O)(C(F)(F)F)C[C@H]1CCCc1c2cc2cnn(-c3ccc(SC)cc3)c2c1C1=CCC=C1. The third-order valence-electron chi connectivity index (χ3n) is 9.36. The summed E-state index contributed by atoms with van der Waals surface area (Å²) in [5, 5.41) is 16.5. The number of halogens is 3. The van der Waals surface area contributed by atoms with Crippen molar-refractivity contribution >= 4 is 28.2 Å². The van der Waals surface area contributed by atoms with Crippen molar-refractivity contribution in [2.75, 3.05) is 6.26 Å². The van der Waals surface area contributed by atoms with Gasteiger partial charge in [-0.25, -0.2) is 4.68 Å². The predicted molar refractivity (Wildman–Crippen MR) is 148 cm³/mol. The van der Waals surface area contributed by atoms with Gasteiger partial charge in [0.25, 0.3) is 0 Å². The van der Waals surface area contributed by atoms with Crippen molar-refractivity contribution in [3.63, 3.8) is 0 Å². The smallest absolute Gasteiger partial charge is 0.380 e. The number of aliphatic hydroxyl groups is 1. The topological polar surface area (TPSA) is 38.1 Å². The Labute approximate surface area is 225 Å². The molecule has 0 aliphatic heterocycles. The van der Waals surface area contributed by atoms with Gasteiger partial charge >= 0.3 is 6.18 Å². The molecule has 7 heteroatoms. The van der Waals surface area contributed by atoms with E-state index in [2.05, 4.69) is 61.7 Å². The maximum Gasteiger partial charge on any atom is 0.417 e. The Morgan fingerprint density at radius 1 is 1.18 bits per heavy atom. The summed E-state index contributed by atoms with van der Waals surface area (Å²) in [5.74, 6) is -0.221. The van der Waals surface area contributed by atoms with E-state index in [1.54, 1.807) is 11.8 Å². The first-order valence-corrected chi connectivity index (χ1v) is 14.8. The van der Waals surface area contributed by atoms with Crippen LogP contribution in [0.5, 0.6) is 0 Å². The van der Waals surface area contributed by atoms with Crippen LogP contribution < -0.4 is 0 Å². The average molecular weight is 539 g/mol. The molecule has 0 saturated heterocycles. The Kier molecular flexibility index (Phi) is 6.30. The summed E-state index contributed by atoms with van der Waals surface area (Å²) in [5.41, 5.74) is 3.82. The Hall–Kier alpha value is -2.51. The molecular weight excluding hydrogens is 505 g/mol. The normalized spacial score (nSPS) is 27.2. The molecule has 1 heterocycles. The molecule has 1 aromatic heterocycles. The van der Waals surface area contributed by atoms with E-state index in [-0.39, 0.29) is 18.8 Å². The van der Waals surface area contributed by atoms with Gasteiger partial charge in [0.1, 0.15) is 0 Å². The Morgan fingerprint density at radius 2 is 1.97 bits per heavy atom. The number of aromatic nitrogens is 2. The van der Waals surface area contributed by atoms with Crippen LogP contribution >= 0.6 is 11.8 Å². The first kappa shape index (κ1) is 25.8. The van der Waals surface area contributed by atoms with Crippen LogP contribution in [0.15, 0.2) is 59.7 Å². The summed E-state index contributed by atoms with van der Waals surface area (Å²) in [6.45, 7) is 2.11. The van der Waals surface area contributed by atoms with Gasteiger partial charge in [0.05, 0.1) is 17.4 Å². The van der Waals surface area contributed by atoms with Crippen molar-refractivity contribution < 1.29 is 18.3 Å². The monoisotopic (exact) mass is 538 g/mol. The number of hydrogen-bond donors (Lipinski definition) is 1. The molecule has 6 rings (SSSR count). The van der Waals surface area contributed by atoms with Crippen LogP contribution in [0, 0.1) is 5.92 Å². The first-order chi connectivity index (χ1) is 18.2. The van der Waals surface area contributed by atoms with E-state index in [0.717, 1.165) is 42.3 Å². The standard InChI is InChI=1S/C31H33F3N2OS/c1-3-29-15-16-30(37,31(32,33)34)18-22(29)9-6-10-25-26(29)17-21-19-35-36(23-11-13-24(38-2)14-12-23)28(21)27(25)20-7-4-5-8-20/h4,7-8,11-14,17,19,22,37H,3,5-6,9-10,15-16,18H2,1-2H3/t22-,29-,30-/m1/s1. The van der Waals surface area contributed by atoms with Gasteiger partial charge in [-0.15, -0.1) is 11.8 Å². The Morgan fingerprint density at radius 3 is 2.63 bits per heavy atom. The zero-order valence-corrected chi connectivity index (χ0v) is 22.6. The molecule has 38 heavy (non-hydrogen) atoms. The third-order valence-corrected chi connectivity index (χ3v) is 10.1. The van der Waals surface area contributed by atoms with E-state index in [0.29, 0.717) is 12.8 Å². The number of thioether (sulfide) groups is 1. The Bertz CT molecular complexity index is 1440. The van der Waals surface area contributed by atoms with Gasteiger partial charge in [0, 0.05) is 15.8 Å². The molecule has 3 aliphatic rings. The van der Waals surface area contributed by atoms with Gasteiger partial charge in [-0.3, -0.25) is 0 Å². The molecule has 3 nitrogen and oxygen atoms in total. The van der Waals surface area contributed by atoms with Gasteiger partial charge in [0.15, 0.2) is 5.60 Å². The molecule has 1 saturated carbocycles. The van der Waals surface area contributed by atoms with E-state index in [1.807, 2.05) is 10.9 Å². The number of alkyl halides is 3. The molecule has 0 bridgehead atoms. The minimum atomic E-state index is -4.61. The molecule has 0 spiro atoms. The van der Waals surface area contributed by atoms with E-state index in [4.69, 9.17) is 5.10 Å². The van der Waals surface area contributed by atoms with Gasteiger partial charge in [0.2, 0.25) is 0 Å². The van der Waals surface area contributed by atoms with E-state index in [9.17, 15) is 18.3 Å². The fourth-order valence-corrected chi connectivity index (χ4v) is 7.73. The fraction of sp³-hybridized carbons (Fsp3) is 0.452. The van der Waals surface area contributed by atoms with E-state index < -0.39 is 17.2 Å². The highest BCUT2D eigenvalue weighted by molar-refractivity contribution is 7.98. The maximum absolute atomic E-state index is 13.9. The predicted octanol–water partition coefficient (Wildman–Crippen LogP) is 8.17. The largest absolute Gasteiger partial charge is 0.417 e. The lowest BCUT2D eigenvalue weighted by Crippen LogP contribution is -2.54. The number of hydrogen-bond acceptors (Lipinski definition) is 3. The minimum Gasteiger partial charge on any atom is -0.380 e. The first-order valence-electron chi connectivity index (χ1n) is 13.6. The van der Waals surface area contributed by atoms with Crippen molar-refractivity contribution in [3.05, 3.63) is 71.4 Å². The van der Waals surface area contributed by atoms with Gasteiger partial charge < -0.3 is 5.11 Å². The van der Waals surface area contributed by atoms with E-state index in [1.165, 1.54) is 27.2 Å². The molecule has 0 radical (unpaired) electrons. The lowest BCUT2D eigenvalue weighted by molar-refractivity contribution is -0.279. The van der Waals surface area contributed by atoms with Crippen molar-refractivity contribution in [2.45, 2.75) is 80.4 Å². The molecule has 2 aromatic carbocycles. The van der Waals surface area contributed by atoms with Crippen LogP contribution in [0.4, 0.5) is 13.2 Å². The number of nitrogens with zero attached hydrogens (tertiary/aromatic N) is 2. The van der Waals surface area contributed by atoms with Crippen LogP contribution in [0.25, 0.3) is 22.2 Å². The van der Waals surface area contributed by atoms with Crippen molar-refractivity contribution in [1.82, 2.24) is 9.78 Å². The average Bonchev–Trinajstić information content (AvgIpc) is 3.56. The number of rotatable bonds is 4. The fourth-order valence-electron chi connectivity index (χ4n) is 7.33. The van der Waals surface area contributed by atoms with Crippen LogP contribution in [0.1, 0.15) is 68.6 Å². The summed E-state index contributed by atoms with van der Waals surface area (Å²) in [7, 11) is 0. The maximum atomic E-state index is 13.9. The zero-order valence-electron chi connectivity index (χ0n) is 21.8. The van der Waals surface area contributed by atoms with Gasteiger partial charge in [-0.2, -0.15) is 18.3 Å². The van der Waals surface area contributed by atoms with Crippen LogP contribution in [0.2, 0.25) is 0 Å². The lowest BCUT2D eigenvalue weighted by atomic mass is 9.56. The van der Waals surface area contributed by atoms with Gasteiger partial charge in [-0.05, 0) is 116 Å². The Balaban J connectivity index is 1.58. The highest BCUT2D eigenvalue weighted by Gasteiger charge is 2.60. The second-order valence-electron chi connectivity index (χ2n) is 11.1. The van der Waals surface area contributed by atoms with Crippen molar-refractivity contribution in [3.8, 4) is 5.69 Å². The number of benzene rings is 2. The second kappa shape index (κ2) is 9.30. The zero-order chi connectivity index (χ0) is 26.7. The van der Waals surface area contributed by atoms with Crippen molar-refractivity contribution in [2.24, 2.45) is 5.92 Å². The highest BCUT2D eigenvalue weighted by atomic mass is 32.2. The summed E-state index contributed by atoms with van der Waals surface area (Å²) >= 11 is 1.70. The molecule has 1 N–H and O–H groups in total. The van der Waals surface area contributed by atoms with Crippen LogP contribution in [-0.4, -0.2) is 32.9 Å². The van der Waals surface area contributed by atoms with E-state index >= 15 is 0 Å². The number of allylic oxidation sites excluding steroid dienone is 4. The second-order valence-corrected chi connectivity index (χ2v) is 12.0. The third kappa shape index (κ3) is 3.88. The summed E-state index contributed by atoms with van der Waals surface area (Å²) in [6.07, 6.45) is 9.72. The quantitative estimate of drug-likeness (QED) is 0.341. The molecule has 1 fully saturated rings. The molecule has 3 aliphatic carbocycles. The number of fused-ring (bicyclic) bond motifs is 4. The summed E-state index contributed by atoms with van der Waals surface area (Å²) in [4.78, 5) is 1.19. The van der Waals surface area contributed by atoms with Crippen molar-refractivity contribution in [1.29, 1.82) is 0 Å². The molecule has 0 amide bonds. The molecule has 3 atom stereocenters. The summed E-state index contributed by atoms with van der Waals surface area (Å²) < 4.78 is 43.8. The molecule has 200 valence electrons.